The highest BCUT2D eigenvalue weighted by molar-refractivity contribution is 4.89. The molecule has 0 aliphatic heterocycles. The number of nitrogens with one attached hydrogen (secondary N) is 1. The van der Waals surface area contributed by atoms with Gasteiger partial charge in [-0.15, -0.1) is 0 Å². The molecule has 0 amide bonds. The first-order valence-corrected chi connectivity index (χ1v) is 7.71. The molecule has 1 nitrogen and oxygen atoms in total. The molecular formula is C16H31N. The van der Waals surface area contributed by atoms with E-state index in [0.717, 1.165) is 23.9 Å². The van der Waals surface area contributed by atoms with Gasteiger partial charge in [0.25, 0.3) is 0 Å². The Morgan fingerprint density at radius 3 is 2.24 bits per heavy atom. The molecule has 2 fully saturated rings. The van der Waals surface area contributed by atoms with Gasteiger partial charge in [-0.3, -0.25) is 0 Å². The van der Waals surface area contributed by atoms with Crippen LogP contribution in [0.25, 0.3) is 0 Å². The summed E-state index contributed by atoms with van der Waals surface area (Å²) in [5, 5.41) is 3.97. The van der Waals surface area contributed by atoms with Gasteiger partial charge in [-0.05, 0) is 49.4 Å². The number of rotatable bonds is 2. The Kier molecular flexibility index (Phi) is 4.18. The maximum absolute atomic E-state index is 3.97. The second kappa shape index (κ2) is 5.30. The summed E-state index contributed by atoms with van der Waals surface area (Å²) < 4.78 is 0. The van der Waals surface area contributed by atoms with E-state index in [4.69, 9.17) is 0 Å². The predicted molar refractivity (Wildman–Crippen MR) is 75.1 cm³/mol. The van der Waals surface area contributed by atoms with Crippen LogP contribution in [0.2, 0.25) is 0 Å². The Morgan fingerprint density at radius 2 is 1.59 bits per heavy atom. The summed E-state index contributed by atoms with van der Waals surface area (Å²) in [6.07, 6.45) is 9.89. The van der Waals surface area contributed by atoms with E-state index in [1.807, 2.05) is 0 Å². The molecule has 0 aromatic carbocycles. The molecule has 4 atom stereocenters. The van der Waals surface area contributed by atoms with Crippen LogP contribution in [-0.2, 0) is 0 Å². The minimum atomic E-state index is 0.551. The number of hydrogen-bond donors (Lipinski definition) is 1. The van der Waals surface area contributed by atoms with Gasteiger partial charge < -0.3 is 5.32 Å². The van der Waals surface area contributed by atoms with E-state index in [0.29, 0.717) is 5.41 Å². The predicted octanol–water partition coefficient (Wildman–Crippen LogP) is 4.37. The van der Waals surface area contributed by atoms with Crippen LogP contribution in [0, 0.1) is 17.3 Å². The molecule has 0 saturated heterocycles. The fourth-order valence-electron chi connectivity index (χ4n) is 4.39. The summed E-state index contributed by atoms with van der Waals surface area (Å²) >= 11 is 0. The van der Waals surface area contributed by atoms with Gasteiger partial charge in [0.15, 0.2) is 0 Å². The van der Waals surface area contributed by atoms with Crippen molar-refractivity contribution in [3.05, 3.63) is 0 Å². The maximum Gasteiger partial charge on any atom is 0.00772 e. The molecule has 0 aromatic rings. The third-order valence-corrected chi connectivity index (χ3v) is 4.79. The largest absolute Gasteiger partial charge is 0.311 e. The zero-order valence-electron chi connectivity index (χ0n) is 12.3. The lowest BCUT2D eigenvalue weighted by molar-refractivity contribution is 0.135. The van der Waals surface area contributed by atoms with Crippen molar-refractivity contribution in [2.24, 2.45) is 17.3 Å². The Balaban J connectivity index is 1.85. The average molecular weight is 237 g/mol. The standard InChI is InChI=1S/C16H31N/c1-12-6-5-7-14(8-12)17-15-9-13(2)10-16(3,4)11-15/h12-15,17H,5-11H2,1-4H3. The second-order valence-corrected chi connectivity index (χ2v) is 7.75. The highest BCUT2D eigenvalue weighted by atomic mass is 15.0. The van der Waals surface area contributed by atoms with Crippen LogP contribution in [0.15, 0.2) is 0 Å². The second-order valence-electron chi connectivity index (χ2n) is 7.75. The van der Waals surface area contributed by atoms with Crippen LogP contribution < -0.4 is 5.32 Å². The topological polar surface area (TPSA) is 12.0 Å². The lowest BCUT2D eigenvalue weighted by Gasteiger charge is -2.42. The molecule has 0 aromatic heterocycles. The molecule has 0 bridgehead atoms. The van der Waals surface area contributed by atoms with Crippen LogP contribution in [0.3, 0.4) is 0 Å². The normalized spacial score (nSPS) is 42.4. The molecule has 0 radical (unpaired) electrons. The van der Waals surface area contributed by atoms with Gasteiger partial charge in [-0.1, -0.05) is 40.5 Å². The van der Waals surface area contributed by atoms with Crippen molar-refractivity contribution in [1.82, 2.24) is 5.32 Å². The molecule has 1 N–H and O–H groups in total. The maximum atomic E-state index is 3.97. The molecule has 2 aliphatic rings. The smallest absolute Gasteiger partial charge is 0.00772 e. The van der Waals surface area contributed by atoms with Gasteiger partial charge in [0, 0.05) is 12.1 Å². The van der Waals surface area contributed by atoms with E-state index in [1.165, 1.54) is 44.9 Å². The first kappa shape index (κ1) is 13.4. The van der Waals surface area contributed by atoms with Gasteiger partial charge in [0.05, 0.1) is 0 Å². The Bertz CT molecular complexity index is 246. The minimum Gasteiger partial charge on any atom is -0.311 e. The van der Waals surface area contributed by atoms with Crippen molar-refractivity contribution in [2.45, 2.75) is 84.7 Å². The first-order valence-electron chi connectivity index (χ1n) is 7.71. The molecule has 2 saturated carbocycles. The summed E-state index contributed by atoms with van der Waals surface area (Å²) in [6.45, 7) is 9.74. The van der Waals surface area contributed by atoms with Crippen LogP contribution in [0.4, 0.5) is 0 Å². The van der Waals surface area contributed by atoms with E-state index in [-0.39, 0.29) is 0 Å². The lowest BCUT2D eigenvalue weighted by atomic mass is 9.70. The molecule has 100 valence electrons. The van der Waals surface area contributed by atoms with E-state index in [1.54, 1.807) is 0 Å². The molecular weight excluding hydrogens is 206 g/mol. The van der Waals surface area contributed by atoms with Crippen molar-refractivity contribution < 1.29 is 0 Å². The lowest BCUT2D eigenvalue weighted by Crippen LogP contribution is -2.46. The van der Waals surface area contributed by atoms with Gasteiger partial charge in [0.2, 0.25) is 0 Å². The van der Waals surface area contributed by atoms with E-state index in [2.05, 4.69) is 33.0 Å². The summed E-state index contributed by atoms with van der Waals surface area (Å²) in [5.41, 5.74) is 0.551. The van der Waals surface area contributed by atoms with Crippen LogP contribution in [-0.4, -0.2) is 12.1 Å². The zero-order chi connectivity index (χ0) is 12.5. The molecule has 17 heavy (non-hydrogen) atoms. The fraction of sp³-hybridized carbons (Fsp3) is 1.00. The van der Waals surface area contributed by atoms with Gasteiger partial charge in [0.1, 0.15) is 0 Å². The summed E-state index contributed by atoms with van der Waals surface area (Å²) in [7, 11) is 0. The molecule has 4 unspecified atom stereocenters. The SMILES string of the molecule is CC1CCCC(NC2CC(C)CC(C)(C)C2)C1. The van der Waals surface area contributed by atoms with E-state index < -0.39 is 0 Å². The van der Waals surface area contributed by atoms with Gasteiger partial charge in [-0.25, -0.2) is 0 Å². The summed E-state index contributed by atoms with van der Waals surface area (Å²) in [5.74, 6) is 1.84. The highest BCUT2D eigenvalue weighted by Crippen LogP contribution is 2.39. The van der Waals surface area contributed by atoms with Crippen molar-refractivity contribution in [2.75, 3.05) is 0 Å². The van der Waals surface area contributed by atoms with Crippen molar-refractivity contribution in [3.8, 4) is 0 Å². The van der Waals surface area contributed by atoms with Crippen LogP contribution in [0.1, 0.15) is 72.6 Å². The zero-order valence-corrected chi connectivity index (χ0v) is 12.3. The molecule has 2 rings (SSSR count). The molecule has 0 spiro atoms. The Morgan fingerprint density at radius 1 is 0.882 bits per heavy atom. The summed E-state index contributed by atoms with van der Waals surface area (Å²) in [6, 6.07) is 1.59. The third-order valence-electron chi connectivity index (χ3n) is 4.79. The van der Waals surface area contributed by atoms with Crippen molar-refractivity contribution >= 4 is 0 Å². The molecule has 1 heteroatoms. The monoisotopic (exact) mass is 237 g/mol. The minimum absolute atomic E-state index is 0.551. The Hall–Kier alpha value is -0.0400. The molecule has 2 aliphatic carbocycles. The molecule has 0 heterocycles. The van der Waals surface area contributed by atoms with Gasteiger partial charge >= 0.3 is 0 Å². The van der Waals surface area contributed by atoms with Gasteiger partial charge in [-0.2, -0.15) is 0 Å². The Labute approximate surface area is 108 Å². The highest BCUT2D eigenvalue weighted by Gasteiger charge is 2.33. The van der Waals surface area contributed by atoms with Crippen molar-refractivity contribution in [3.63, 3.8) is 0 Å². The van der Waals surface area contributed by atoms with E-state index in [9.17, 15) is 0 Å². The summed E-state index contributed by atoms with van der Waals surface area (Å²) in [4.78, 5) is 0. The average Bonchev–Trinajstić information content (AvgIpc) is 2.13. The fourth-order valence-corrected chi connectivity index (χ4v) is 4.39. The first-order chi connectivity index (χ1) is 7.94. The van der Waals surface area contributed by atoms with Crippen molar-refractivity contribution in [1.29, 1.82) is 0 Å². The third kappa shape index (κ3) is 3.98. The van der Waals surface area contributed by atoms with E-state index >= 15 is 0 Å². The van der Waals surface area contributed by atoms with Crippen LogP contribution in [0.5, 0.6) is 0 Å². The quantitative estimate of drug-likeness (QED) is 0.752. The number of hydrogen-bond acceptors (Lipinski definition) is 1. The van der Waals surface area contributed by atoms with Crippen LogP contribution >= 0.6 is 0 Å².